The first-order chi connectivity index (χ1) is 17.5. The van der Waals surface area contributed by atoms with Gasteiger partial charge in [0.1, 0.15) is 0 Å². The van der Waals surface area contributed by atoms with Crippen molar-refractivity contribution in [2.45, 2.75) is 6.54 Å². The van der Waals surface area contributed by atoms with E-state index in [1.165, 1.54) is 15.3 Å². The van der Waals surface area contributed by atoms with E-state index in [1.807, 2.05) is 17.3 Å². The SMILES string of the molecule is [2H]C([2H])([2H])NC(=O)c1nnc(NC(=O)C2COC2)cc1Nc1cccc2c1N(C)Cc1nn(C)c(=O)n1-2. The summed E-state index contributed by atoms with van der Waals surface area (Å²) in [6.45, 7) is -1.83. The molecular formula is C21H23N9O4. The monoisotopic (exact) mass is 468 g/mol. The average Bonchev–Trinajstić information content (AvgIpc) is 3.04. The third-order valence-corrected chi connectivity index (χ3v) is 5.66. The highest BCUT2D eigenvalue weighted by Gasteiger charge is 2.29. The number of nitrogens with one attached hydrogen (secondary N) is 3. The van der Waals surface area contributed by atoms with Crippen LogP contribution in [0.5, 0.6) is 0 Å². The minimum atomic E-state index is -2.75. The summed E-state index contributed by atoms with van der Waals surface area (Å²) >= 11 is 0. The number of rotatable bonds is 5. The van der Waals surface area contributed by atoms with E-state index in [4.69, 9.17) is 8.85 Å². The van der Waals surface area contributed by atoms with Gasteiger partial charge in [-0.05, 0) is 12.1 Å². The number of para-hydroxylation sites is 1. The molecule has 0 aliphatic carbocycles. The molecule has 0 radical (unpaired) electrons. The van der Waals surface area contributed by atoms with Crippen LogP contribution in [0.25, 0.3) is 5.69 Å². The first-order valence-electron chi connectivity index (χ1n) is 11.9. The van der Waals surface area contributed by atoms with E-state index in [2.05, 4.69) is 25.9 Å². The van der Waals surface area contributed by atoms with Crippen LogP contribution in [-0.2, 0) is 23.1 Å². The fourth-order valence-corrected chi connectivity index (χ4v) is 3.90. The second kappa shape index (κ2) is 8.26. The Balaban J connectivity index is 1.55. The van der Waals surface area contributed by atoms with Gasteiger partial charge in [0.05, 0.1) is 48.4 Å². The van der Waals surface area contributed by atoms with Crippen molar-refractivity contribution in [1.29, 1.82) is 0 Å². The van der Waals surface area contributed by atoms with Crippen LogP contribution in [0.1, 0.15) is 20.4 Å². The van der Waals surface area contributed by atoms with E-state index in [0.29, 0.717) is 42.6 Å². The molecule has 0 bridgehead atoms. The van der Waals surface area contributed by atoms with Crippen LogP contribution in [0.2, 0.25) is 0 Å². The van der Waals surface area contributed by atoms with Crippen LogP contribution in [0.3, 0.4) is 0 Å². The second-order valence-corrected chi connectivity index (χ2v) is 7.98. The molecule has 4 heterocycles. The molecule has 0 spiro atoms. The van der Waals surface area contributed by atoms with Crippen molar-refractivity contribution in [3.8, 4) is 5.69 Å². The van der Waals surface area contributed by atoms with Gasteiger partial charge in [-0.15, -0.1) is 10.2 Å². The summed E-state index contributed by atoms with van der Waals surface area (Å²) in [4.78, 5) is 39.7. The predicted molar refractivity (Wildman–Crippen MR) is 123 cm³/mol. The second-order valence-electron chi connectivity index (χ2n) is 7.98. The molecule has 2 amide bonds. The van der Waals surface area contributed by atoms with Crippen molar-refractivity contribution < 1.29 is 18.4 Å². The smallest absolute Gasteiger partial charge is 0.350 e. The molecule has 2 aliphatic rings. The molecule has 34 heavy (non-hydrogen) atoms. The van der Waals surface area contributed by atoms with E-state index in [1.54, 1.807) is 25.2 Å². The maximum atomic E-state index is 12.7. The van der Waals surface area contributed by atoms with Gasteiger partial charge in [-0.2, -0.15) is 5.10 Å². The van der Waals surface area contributed by atoms with Gasteiger partial charge >= 0.3 is 5.69 Å². The van der Waals surface area contributed by atoms with E-state index in [9.17, 15) is 14.4 Å². The number of amides is 2. The number of anilines is 4. The Bertz CT molecular complexity index is 1460. The minimum Gasteiger partial charge on any atom is -0.380 e. The largest absolute Gasteiger partial charge is 0.380 e. The van der Waals surface area contributed by atoms with Gasteiger partial charge in [0.2, 0.25) is 5.91 Å². The molecule has 0 atom stereocenters. The molecule has 5 rings (SSSR count). The molecule has 176 valence electrons. The molecule has 2 aliphatic heterocycles. The van der Waals surface area contributed by atoms with Crippen molar-refractivity contribution in [3.63, 3.8) is 0 Å². The van der Waals surface area contributed by atoms with Crippen LogP contribution in [-0.4, -0.2) is 63.6 Å². The third kappa shape index (κ3) is 3.55. The molecule has 1 saturated heterocycles. The zero-order chi connectivity index (χ0) is 26.5. The topological polar surface area (TPSA) is 148 Å². The highest BCUT2D eigenvalue weighted by Crippen LogP contribution is 2.38. The average molecular weight is 468 g/mol. The number of aryl methyl sites for hydroxylation is 1. The summed E-state index contributed by atoms with van der Waals surface area (Å²) in [5.41, 5.74) is 1.21. The minimum absolute atomic E-state index is 0.0637. The van der Waals surface area contributed by atoms with Crippen molar-refractivity contribution in [2.24, 2.45) is 13.0 Å². The lowest BCUT2D eigenvalue weighted by Crippen LogP contribution is -2.38. The predicted octanol–water partition coefficient (Wildman–Crippen LogP) is -0.00110. The van der Waals surface area contributed by atoms with E-state index < -0.39 is 12.9 Å². The standard InChI is InChI=1S/C21H23N9O4/c1-22-20(32)17-13(7-15(25-26-17)24-19(31)11-9-34-10-11)23-12-5-4-6-14-18(12)28(2)8-16-27-29(3)21(33)30(14)16/h4-7,11H,8-10H2,1-3H3,(H,22,32)(H2,23,24,25,31)/i1D3. The lowest BCUT2D eigenvalue weighted by Gasteiger charge is -2.30. The maximum absolute atomic E-state index is 12.7. The maximum Gasteiger partial charge on any atom is 0.350 e. The van der Waals surface area contributed by atoms with E-state index in [0.717, 1.165) is 0 Å². The molecule has 3 aromatic rings. The van der Waals surface area contributed by atoms with E-state index >= 15 is 0 Å². The van der Waals surface area contributed by atoms with Crippen molar-refractivity contribution >= 4 is 34.7 Å². The van der Waals surface area contributed by atoms with Gasteiger partial charge in [-0.3, -0.25) is 9.59 Å². The molecule has 13 nitrogen and oxygen atoms in total. The van der Waals surface area contributed by atoms with Gasteiger partial charge in [0.25, 0.3) is 5.91 Å². The zero-order valence-corrected chi connectivity index (χ0v) is 18.3. The number of fused-ring (bicyclic) bond motifs is 3. The van der Waals surface area contributed by atoms with Gasteiger partial charge in [0.15, 0.2) is 17.3 Å². The Kier molecular flexibility index (Phi) is 4.42. The lowest BCUT2D eigenvalue weighted by molar-refractivity contribution is -0.133. The van der Waals surface area contributed by atoms with Crippen LogP contribution in [0.15, 0.2) is 29.1 Å². The Morgan fingerprint density at radius 2 is 2.03 bits per heavy atom. The van der Waals surface area contributed by atoms with Crippen LogP contribution >= 0.6 is 0 Å². The number of benzene rings is 1. The zero-order valence-electron chi connectivity index (χ0n) is 21.3. The highest BCUT2D eigenvalue weighted by molar-refractivity contribution is 6.00. The number of hydrogen-bond acceptors (Lipinski definition) is 9. The first-order valence-corrected chi connectivity index (χ1v) is 10.4. The van der Waals surface area contributed by atoms with Gasteiger partial charge in [-0.25, -0.2) is 14.0 Å². The van der Waals surface area contributed by atoms with Gasteiger partial charge < -0.3 is 25.6 Å². The summed E-state index contributed by atoms with van der Waals surface area (Å²) < 4.78 is 29.9. The lowest BCUT2D eigenvalue weighted by atomic mass is 10.1. The third-order valence-electron chi connectivity index (χ3n) is 5.66. The Hall–Kier alpha value is -4.26. The number of aromatic nitrogens is 5. The molecule has 2 aromatic heterocycles. The fraction of sp³-hybridized carbons (Fsp3) is 0.333. The van der Waals surface area contributed by atoms with Crippen molar-refractivity contribution in [3.05, 3.63) is 46.3 Å². The summed E-state index contributed by atoms with van der Waals surface area (Å²) in [5.74, 6) is -0.990. The Labute approximate surface area is 197 Å². The van der Waals surface area contributed by atoms with Gasteiger partial charge in [-0.1, -0.05) is 6.07 Å². The summed E-state index contributed by atoms with van der Waals surface area (Å²) in [6.07, 6.45) is 0. The number of nitrogens with zero attached hydrogens (tertiary/aromatic N) is 6. The Morgan fingerprint density at radius 3 is 2.76 bits per heavy atom. The van der Waals surface area contributed by atoms with Crippen LogP contribution in [0, 0.1) is 5.92 Å². The molecule has 0 saturated carbocycles. The number of carbonyl (C=O) groups is 2. The normalized spacial score (nSPS) is 16.3. The number of hydrogen-bond donors (Lipinski definition) is 3. The molecule has 0 unspecified atom stereocenters. The summed E-state index contributed by atoms with van der Waals surface area (Å²) in [7, 11) is 3.39. The van der Waals surface area contributed by atoms with E-state index in [-0.39, 0.29) is 34.7 Å². The van der Waals surface area contributed by atoms with Crippen molar-refractivity contribution in [1.82, 2.24) is 29.9 Å². The Morgan fingerprint density at radius 1 is 1.21 bits per heavy atom. The van der Waals surface area contributed by atoms with Crippen LogP contribution < -0.4 is 26.5 Å². The molecular weight excluding hydrogens is 442 g/mol. The summed E-state index contributed by atoms with van der Waals surface area (Å²) in [6, 6.07) is 6.61. The van der Waals surface area contributed by atoms with Crippen LogP contribution in [0.4, 0.5) is 22.9 Å². The molecule has 3 N–H and O–H groups in total. The first kappa shape index (κ1) is 18.2. The number of ether oxygens (including phenoxy) is 1. The summed E-state index contributed by atoms with van der Waals surface area (Å²) in [5, 5.41) is 19.7. The van der Waals surface area contributed by atoms with Crippen molar-refractivity contribution in [2.75, 3.05) is 42.8 Å². The quantitative estimate of drug-likeness (QED) is 0.470. The van der Waals surface area contributed by atoms with Gasteiger partial charge in [0, 0.05) is 31.2 Å². The number of carbonyl (C=O) groups excluding carboxylic acids is 2. The molecule has 1 aromatic carbocycles. The molecule has 1 fully saturated rings. The fourth-order valence-electron chi connectivity index (χ4n) is 3.90. The molecule has 13 heteroatoms. The highest BCUT2D eigenvalue weighted by atomic mass is 16.5.